The highest BCUT2D eigenvalue weighted by molar-refractivity contribution is 5.76. The summed E-state index contributed by atoms with van der Waals surface area (Å²) < 4.78 is 5.78. The molecule has 2 aromatic rings. The second-order valence-corrected chi connectivity index (χ2v) is 6.19. The number of furan rings is 1. The summed E-state index contributed by atoms with van der Waals surface area (Å²) in [5.41, 5.74) is 0.148. The minimum absolute atomic E-state index is 0.000198. The number of carbonyl (C=O) groups excluding carboxylic acids is 1. The largest absolute Gasteiger partial charge is 0.461 e. The summed E-state index contributed by atoms with van der Waals surface area (Å²) in [6, 6.07) is 13.7. The molecule has 0 aliphatic rings. The van der Waals surface area contributed by atoms with Crippen molar-refractivity contribution in [3.05, 3.63) is 48.2 Å². The first kappa shape index (κ1) is 16.3. The predicted molar refractivity (Wildman–Crippen MR) is 86.4 cm³/mol. The van der Waals surface area contributed by atoms with Gasteiger partial charge in [0.25, 0.3) is 0 Å². The first-order valence-corrected chi connectivity index (χ1v) is 7.46. The predicted octanol–water partition coefficient (Wildman–Crippen LogP) is 3.11. The lowest BCUT2D eigenvalue weighted by molar-refractivity contribution is -0.132. The molecular weight excluding hydrogens is 278 g/mol. The molecule has 118 valence electrons. The van der Waals surface area contributed by atoms with Gasteiger partial charge in [0.05, 0.1) is 5.60 Å². The maximum Gasteiger partial charge on any atom is 0.222 e. The van der Waals surface area contributed by atoms with Crippen LogP contribution in [-0.2, 0) is 11.2 Å². The van der Waals surface area contributed by atoms with E-state index in [9.17, 15) is 9.90 Å². The van der Waals surface area contributed by atoms with Crippen molar-refractivity contribution in [2.45, 2.75) is 32.3 Å². The van der Waals surface area contributed by atoms with Gasteiger partial charge in [-0.25, -0.2) is 0 Å². The van der Waals surface area contributed by atoms with Gasteiger partial charge in [0.1, 0.15) is 11.5 Å². The van der Waals surface area contributed by atoms with Crippen molar-refractivity contribution in [1.29, 1.82) is 0 Å². The third kappa shape index (κ3) is 4.74. The van der Waals surface area contributed by atoms with Crippen LogP contribution in [0.4, 0.5) is 0 Å². The average Bonchev–Trinajstić information content (AvgIpc) is 2.92. The molecule has 0 spiro atoms. The molecule has 0 aliphatic carbocycles. The summed E-state index contributed by atoms with van der Waals surface area (Å²) in [7, 11) is 1.71. The number of nitrogens with zero attached hydrogens (tertiary/aromatic N) is 1. The second-order valence-electron chi connectivity index (χ2n) is 6.19. The van der Waals surface area contributed by atoms with Crippen LogP contribution in [-0.4, -0.2) is 35.1 Å². The van der Waals surface area contributed by atoms with E-state index in [1.807, 2.05) is 42.5 Å². The van der Waals surface area contributed by atoms with Crippen molar-refractivity contribution in [2.75, 3.05) is 13.6 Å². The molecule has 0 saturated carbocycles. The highest BCUT2D eigenvalue weighted by Crippen LogP contribution is 2.22. The molecule has 1 aromatic heterocycles. The van der Waals surface area contributed by atoms with Gasteiger partial charge < -0.3 is 14.4 Å². The highest BCUT2D eigenvalue weighted by atomic mass is 16.3. The summed E-state index contributed by atoms with van der Waals surface area (Å²) in [5, 5.41) is 9.74. The molecule has 0 fully saturated rings. The van der Waals surface area contributed by atoms with E-state index in [-0.39, 0.29) is 5.91 Å². The van der Waals surface area contributed by atoms with E-state index in [2.05, 4.69) is 0 Å². The van der Waals surface area contributed by atoms with Gasteiger partial charge in [-0.15, -0.1) is 0 Å². The Morgan fingerprint density at radius 2 is 1.86 bits per heavy atom. The second kappa shape index (κ2) is 6.79. The van der Waals surface area contributed by atoms with Crippen molar-refractivity contribution in [3.63, 3.8) is 0 Å². The molecule has 0 unspecified atom stereocenters. The number of aliphatic hydroxyl groups is 1. The Balaban J connectivity index is 1.90. The Morgan fingerprint density at radius 3 is 2.50 bits per heavy atom. The van der Waals surface area contributed by atoms with Crippen LogP contribution >= 0.6 is 0 Å². The number of rotatable bonds is 6. The van der Waals surface area contributed by atoms with Crippen molar-refractivity contribution < 1.29 is 14.3 Å². The zero-order chi connectivity index (χ0) is 16.2. The third-order valence-electron chi connectivity index (χ3n) is 3.36. The Hall–Kier alpha value is -2.07. The van der Waals surface area contributed by atoms with Crippen molar-refractivity contribution in [2.24, 2.45) is 0 Å². The minimum Gasteiger partial charge on any atom is -0.461 e. The molecule has 1 heterocycles. The fraction of sp³-hybridized carbons (Fsp3) is 0.389. The monoisotopic (exact) mass is 301 g/mol. The molecule has 0 radical (unpaired) electrons. The molecule has 0 atom stereocenters. The third-order valence-corrected chi connectivity index (χ3v) is 3.36. The van der Waals surface area contributed by atoms with Crippen molar-refractivity contribution in [3.8, 4) is 11.3 Å². The van der Waals surface area contributed by atoms with Crippen LogP contribution in [0, 0.1) is 0 Å². The number of likely N-dealkylation sites (N-methyl/N-ethyl adjacent to an activating group) is 1. The lowest BCUT2D eigenvalue weighted by Crippen LogP contribution is -2.39. The smallest absolute Gasteiger partial charge is 0.222 e. The number of hydrogen-bond donors (Lipinski definition) is 1. The summed E-state index contributed by atoms with van der Waals surface area (Å²) in [6.45, 7) is 3.70. The molecule has 4 heteroatoms. The molecule has 1 N–H and O–H groups in total. The fourth-order valence-corrected chi connectivity index (χ4v) is 2.36. The van der Waals surface area contributed by atoms with E-state index in [1.54, 1.807) is 25.8 Å². The molecular formula is C18H23NO3. The molecule has 2 rings (SSSR count). The maximum absolute atomic E-state index is 12.0. The minimum atomic E-state index is -0.879. The first-order chi connectivity index (χ1) is 10.3. The molecule has 1 aromatic carbocycles. The molecule has 1 amide bonds. The van der Waals surface area contributed by atoms with Crippen molar-refractivity contribution >= 4 is 5.91 Å². The fourth-order valence-electron chi connectivity index (χ4n) is 2.36. The standard InChI is InChI=1S/C18H23NO3/c1-18(2,21)13-19(3)17(20)12-10-15-9-11-16(22-15)14-7-5-4-6-8-14/h4-9,11,21H,10,12-13H2,1-3H3. The molecule has 0 saturated heterocycles. The van der Waals surface area contributed by atoms with Gasteiger partial charge in [-0.05, 0) is 26.0 Å². The average molecular weight is 301 g/mol. The van der Waals surface area contributed by atoms with Crippen LogP contribution in [0.15, 0.2) is 46.9 Å². The quantitative estimate of drug-likeness (QED) is 0.892. The Labute approximate surface area is 131 Å². The van der Waals surface area contributed by atoms with Crippen LogP contribution in [0.25, 0.3) is 11.3 Å². The summed E-state index contributed by atoms with van der Waals surface area (Å²) >= 11 is 0. The molecule has 0 bridgehead atoms. The van der Waals surface area contributed by atoms with Gasteiger partial charge in [-0.1, -0.05) is 30.3 Å². The summed E-state index contributed by atoms with van der Waals surface area (Å²) in [4.78, 5) is 13.6. The number of benzene rings is 1. The lowest BCUT2D eigenvalue weighted by Gasteiger charge is -2.25. The normalized spacial score (nSPS) is 11.5. The lowest BCUT2D eigenvalue weighted by atomic mass is 10.1. The Bertz CT molecular complexity index is 611. The van der Waals surface area contributed by atoms with E-state index in [0.29, 0.717) is 19.4 Å². The van der Waals surface area contributed by atoms with Gasteiger partial charge in [0.15, 0.2) is 0 Å². The Morgan fingerprint density at radius 1 is 1.18 bits per heavy atom. The van der Waals surface area contributed by atoms with E-state index in [1.165, 1.54) is 0 Å². The zero-order valence-corrected chi connectivity index (χ0v) is 13.4. The summed E-state index contributed by atoms with van der Waals surface area (Å²) in [5.74, 6) is 1.61. The Kier molecular flexibility index (Phi) is 5.03. The van der Waals surface area contributed by atoms with Crippen LogP contribution in [0.2, 0.25) is 0 Å². The van der Waals surface area contributed by atoms with E-state index < -0.39 is 5.60 Å². The van der Waals surface area contributed by atoms with Gasteiger partial charge in [-0.3, -0.25) is 4.79 Å². The topological polar surface area (TPSA) is 53.7 Å². The van der Waals surface area contributed by atoms with E-state index >= 15 is 0 Å². The van der Waals surface area contributed by atoms with Crippen LogP contribution in [0.1, 0.15) is 26.0 Å². The van der Waals surface area contributed by atoms with Crippen LogP contribution in [0.3, 0.4) is 0 Å². The number of hydrogen-bond acceptors (Lipinski definition) is 3. The maximum atomic E-state index is 12.0. The highest BCUT2D eigenvalue weighted by Gasteiger charge is 2.19. The molecule has 22 heavy (non-hydrogen) atoms. The SMILES string of the molecule is CN(CC(C)(C)O)C(=O)CCc1ccc(-c2ccccc2)o1. The molecule has 4 nitrogen and oxygen atoms in total. The number of amides is 1. The van der Waals surface area contributed by atoms with Crippen LogP contribution in [0.5, 0.6) is 0 Å². The zero-order valence-electron chi connectivity index (χ0n) is 13.4. The summed E-state index contributed by atoms with van der Waals surface area (Å²) in [6.07, 6.45) is 0.927. The van der Waals surface area contributed by atoms with E-state index in [0.717, 1.165) is 17.1 Å². The van der Waals surface area contributed by atoms with Gasteiger partial charge in [0, 0.05) is 32.0 Å². The van der Waals surface area contributed by atoms with Crippen molar-refractivity contribution in [1.82, 2.24) is 4.90 Å². The van der Waals surface area contributed by atoms with E-state index in [4.69, 9.17) is 4.42 Å². The van der Waals surface area contributed by atoms with Gasteiger partial charge in [0.2, 0.25) is 5.91 Å². The number of carbonyl (C=O) groups is 1. The van der Waals surface area contributed by atoms with Crippen LogP contribution < -0.4 is 0 Å². The molecule has 0 aliphatic heterocycles. The van der Waals surface area contributed by atoms with Gasteiger partial charge in [-0.2, -0.15) is 0 Å². The number of aryl methyl sites for hydroxylation is 1. The van der Waals surface area contributed by atoms with Gasteiger partial charge >= 0.3 is 0 Å². The first-order valence-electron chi connectivity index (χ1n) is 7.46.